The van der Waals surface area contributed by atoms with E-state index in [0.29, 0.717) is 17.5 Å². The molecule has 1 aliphatic heterocycles. The van der Waals surface area contributed by atoms with Crippen LogP contribution in [0.25, 0.3) is 67.5 Å². The molecule has 8 aromatic rings. The number of nitrogens with zero attached hydrogens (tertiary/aromatic N) is 3. The van der Waals surface area contributed by atoms with Gasteiger partial charge in [-0.2, -0.15) is 0 Å². The Morgan fingerprint density at radius 2 is 0.827 bits per heavy atom. The molecule has 0 saturated carbocycles. The second-order valence-electron chi connectivity index (χ2n) is 13.7. The quantitative estimate of drug-likeness (QED) is 0.175. The topological polar surface area (TPSA) is 38.7 Å². The molecule has 0 radical (unpaired) electrons. The third-order valence-electron chi connectivity index (χ3n) is 10.0. The van der Waals surface area contributed by atoms with Crippen molar-refractivity contribution in [3.05, 3.63) is 187 Å². The maximum absolute atomic E-state index is 5.13. The first-order valence-corrected chi connectivity index (χ1v) is 18.4. The van der Waals surface area contributed by atoms with Crippen molar-refractivity contribution in [2.24, 2.45) is 0 Å². The SMILES string of the molecule is CC1(C)c2ccccc2Sc2cc(-c3cccc(-c4cccc(-c5nc(-c6ccccc6)nc(-c6ccccc6-c6ccccc6)n5)c4)c3)ccc21. The van der Waals surface area contributed by atoms with Gasteiger partial charge in [0.25, 0.3) is 0 Å². The Hall–Kier alpha value is -6.10. The lowest BCUT2D eigenvalue weighted by atomic mass is 9.77. The minimum absolute atomic E-state index is 0.0448. The van der Waals surface area contributed by atoms with Gasteiger partial charge in [0.1, 0.15) is 0 Å². The monoisotopic (exact) mass is 685 g/mol. The van der Waals surface area contributed by atoms with Crippen molar-refractivity contribution in [1.82, 2.24) is 15.0 Å². The summed E-state index contributed by atoms with van der Waals surface area (Å²) in [7, 11) is 0. The molecule has 9 rings (SSSR count). The Morgan fingerprint density at radius 1 is 0.346 bits per heavy atom. The molecule has 1 aliphatic rings. The Labute approximate surface area is 309 Å². The van der Waals surface area contributed by atoms with E-state index in [2.05, 4.69) is 147 Å². The zero-order chi connectivity index (χ0) is 35.1. The maximum Gasteiger partial charge on any atom is 0.164 e. The van der Waals surface area contributed by atoms with Crippen molar-refractivity contribution in [2.75, 3.05) is 0 Å². The fraction of sp³-hybridized carbons (Fsp3) is 0.0625. The van der Waals surface area contributed by atoms with E-state index in [0.717, 1.165) is 38.9 Å². The molecule has 0 aliphatic carbocycles. The second-order valence-corrected chi connectivity index (χ2v) is 14.8. The van der Waals surface area contributed by atoms with Crippen LogP contribution in [-0.2, 0) is 5.41 Å². The summed E-state index contributed by atoms with van der Waals surface area (Å²) in [6.07, 6.45) is 0. The first kappa shape index (κ1) is 31.9. The van der Waals surface area contributed by atoms with E-state index in [9.17, 15) is 0 Å². The molecule has 2 heterocycles. The average molecular weight is 686 g/mol. The molecule has 52 heavy (non-hydrogen) atoms. The van der Waals surface area contributed by atoms with E-state index in [1.165, 1.54) is 32.0 Å². The van der Waals surface area contributed by atoms with Crippen LogP contribution in [0.2, 0.25) is 0 Å². The van der Waals surface area contributed by atoms with Crippen LogP contribution in [0.3, 0.4) is 0 Å². The average Bonchev–Trinajstić information content (AvgIpc) is 3.21. The molecule has 1 aromatic heterocycles. The Bertz CT molecular complexity index is 2580. The van der Waals surface area contributed by atoms with Gasteiger partial charge in [-0.3, -0.25) is 0 Å². The summed E-state index contributed by atoms with van der Waals surface area (Å²) in [5.74, 6) is 1.93. The highest BCUT2D eigenvalue weighted by Crippen LogP contribution is 2.50. The van der Waals surface area contributed by atoms with Crippen molar-refractivity contribution in [3.8, 4) is 67.5 Å². The van der Waals surface area contributed by atoms with Crippen LogP contribution in [0.1, 0.15) is 25.0 Å². The van der Waals surface area contributed by atoms with Crippen molar-refractivity contribution < 1.29 is 0 Å². The van der Waals surface area contributed by atoms with Crippen molar-refractivity contribution >= 4 is 11.8 Å². The molecule has 0 saturated heterocycles. The highest BCUT2D eigenvalue weighted by atomic mass is 32.2. The summed E-state index contributed by atoms with van der Waals surface area (Å²) in [5.41, 5.74) is 12.4. The van der Waals surface area contributed by atoms with Crippen molar-refractivity contribution in [2.45, 2.75) is 29.1 Å². The predicted octanol–water partition coefficient (Wildman–Crippen LogP) is 12.7. The summed E-state index contributed by atoms with van der Waals surface area (Å²) in [4.78, 5) is 17.9. The van der Waals surface area contributed by atoms with Crippen LogP contribution in [0.15, 0.2) is 186 Å². The van der Waals surface area contributed by atoms with E-state index in [1.54, 1.807) is 0 Å². The minimum Gasteiger partial charge on any atom is -0.208 e. The molecule has 4 heteroatoms. The highest BCUT2D eigenvalue weighted by Gasteiger charge is 2.32. The molecule has 7 aromatic carbocycles. The Morgan fingerprint density at radius 3 is 1.54 bits per heavy atom. The van der Waals surface area contributed by atoms with Crippen molar-refractivity contribution in [1.29, 1.82) is 0 Å². The molecular formula is C48H35N3S. The van der Waals surface area contributed by atoms with Gasteiger partial charge in [0.05, 0.1) is 0 Å². The summed E-state index contributed by atoms with van der Waals surface area (Å²) >= 11 is 1.87. The lowest BCUT2D eigenvalue weighted by molar-refractivity contribution is 0.607. The number of rotatable bonds is 6. The number of aromatic nitrogens is 3. The molecule has 0 amide bonds. The van der Waals surface area contributed by atoms with Gasteiger partial charge in [0, 0.05) is 31.9 Å². The first-order valence-electron chi connectivity index (χ1n) is 17.6. The highest BCUT2D eigenvalue weighted by molar-refractivity contribution is 7.99. The van der Waals surface area contributed by atoms with Crippen LogP contribution >= 0.6 is 11.8 Å². The molecule has 3 nitrogen and oxygen atoms in total. The zero-order valence-corrected chi connectivity index (χ0v) is 29.8. The molecule has 0 N–H and O–H groups in total. The molecule has 0 spiro atoms. The number of hydrogen-bond donors (Lipinski definition) is 0. The summed E-state index contributed by atoms with van der Waals surface area (Å²) < 4.78 is 0. The second kappa shape index (κ2) is 13.2. The van der Waals surface area contributed by atoms with E-state index in [-0.39, 0.29) is 5.41 Å². The lowest BCUT2D eigenvalue weighted by Crippen LogP contribution is -2.23. The zero-order valence-electron chi connectivity index (χ0n) is 29.0. The van der Waals surface area contributed by atoms with Gasteiger partial charge in [0.2, 0.25) is 0 Å². The van der Waals surface area contributed by atoms with Crippen LogP contribution < -0.4 is 0 Å². The van der Waals surface area contributed by atoms with E-state index in [1.807, 2.05) is 54.2 Å². The molecule has 0 fully saturated rings. The van der Waals surface area contributed by atoms with Gasteiger partial charge in [0.15, 0.2) is 17.5 Å². The standard InChI is InChI=1S/C48H35N3S/c1-48(2)41-25-11-12-26-43(41)52-44-31-37(27-28-42(44)48)35-20-13-19-34(29-35)36-21-14-22-38(30-36)46-49-45(33-17-7-4-8-18-33)50-47(51-46)40-24-10-9-23-39(40)32-15-5-3-6-16-32/h3-31H,1-2H3. The van der Waals surface area contributed by atoms with Gasteiger partial charge < -0.3 is 0 Å². The van der Waals surface area contributed by atoms with Gasteiger partial charge in [-0.15, -0.1) is 0 Å². The first-order chi connectivity index (χ1) is 25.5. The lowest BCUT2D eigenvalue weighted by Gasteiger charge is -2.34. The van der Waals surface area contributed by atoms with E-state index >= 15 is 0 Å². The fourth-order valence-electron chi connectivity index (χ4n) is 7.24. The third kappa shape index (κ3) is 5.91. The van der Waals surface area contributed by atoms with Crippen LogP contribution in [-0.4, -0.2) is 15.0 Å². The molecule has 0 atom stereocenters. The van der Waals surface area contributed by atoms with E-state index in [4.69, 9.17) is 15.0 Å². The van der Waals surface area contributed by atoms with Crippen LogP contribution in [0.4, 0.5) is 0 Å². The third-order valence-corrected chi connectivity index (χ3v) is 11.1. The fourth-order valence-corrected chi connectivity index (χ4v) is 8.68. The molecular weight excluding hydrogens is 651 g/mol. The number of hydrogen-bond acceptors (Lipinski definition) is 4. The van der Waals surface area contributed by atoms with Crippen molar-refractivity contribution in [3.63, 3.8) is 0 Å². The normalized spacial score (nSPS) is 12.9. The smallest absolute Gasteiger partial charge is 0.164 e. The van der Waals surface area contributed by atoms with Gasteiger partial charge in [-0.05, 0) is 68.8 Å². The summed E-state index contributed by atoms with van der Waals surface area (Å²) in [6, 6.07) is 62.0. The summed E-state index contributed by atoms with van der Waals surface area (Å²) in [5, 5.41) is 0. The van der Waals surface area contributed by atoms with E-state index < -0.39 is 0 Å². The number of benzene rings is 7. The molecule has 0 unspecified atom stereocenters. The molecule has 248 valence electrons. The van der Waals surface area contributed by atoms with Crippen LogP contribution in [0.5, 0.6) is 0 Å². The number of fused-ring (bicyclic) bond motifs is 2. The largest absolute Gasteiger partial charge is 0.208 e. The summed E-state index contributed by atoms with van der Waals surface area (Å²) in [6.45, 7) is 4.66. The predicted molar refractivity (Wildman–Crippen MR) is 215 cm³/mol. The maximum atomic E-state index is 5.13. The van der Waals surface area contributed by atoms with Gasteiger partial charge in [-0.1, -0.05) is 177 Å². The Kier molecular flexibility index (Phi) is 8.10. The molecule has 0 bridgehead atoms. The minimum atomic E-state index is -0.0448. The van der Waals surface area contributed by atoms with Gasteiger partial charge in [-0.25, -0.2) is 15.0 Å². The Balaban J connectivity index is 1.11. The van der Waals surface area contributed by atoms with Crippen LogP contribution in [0, 0.1) is 0 Å². The van der Waals surface area contributed by atoms with Gasteiger partial charge >= 0.3 is 0 Å².